The summed E-state index contributed by atoms with van der Waals surface area (Å²) in [6.07, 6.45) is 18.6. The molecule has 0 amide bonds. The van der Waals surface area contributed by atoms with Gasteiger partial charge in [-0.1, -0.05) is 85.7 Å². The van der Waals surface area contributed by atoms with Crippen molar-refractivity contribution in [3.05, 3.63) is 95.8 Å². The van der Waals surface area contributed by atoms with Crippen LogP contribution in [-0.2, 0) is 23.3 Å². The number of hydrogen-bond acceptors (Lipinski definition) is 0. The third kappa shape index (κ3) is 10.7. The Morgan fingerprint density at radius 2 is 1.06 bits per heavy atom. The zero-order valence-electron chi connectivity index (χ0n) is 19.8. The van der Waals surface area contributed by atoms with Crippen LogP contribution < -0.4 is 24.8 Å². The fourth-order valence-corrected chi connectivity index (χ4v) is 3.84. The number of unbranched alkanes of at least 4 members (excludes halogenated alkanes) is 2. The van der Waals surface area contributed by atoms with Crippen molar-refractivity contribution in [1.29, 1.82) is 0 Å². The van der Waals surface area contributed by atoms with Gasteiger partial charge >= 0.3 is 41.9 Å². The minimum absolute atomic E-state index is 0. The molecule has 2 aromatic rings. The Morgan fingerprint density at radius 3 is 1.41 bits per heavy atom. The molecule has 0 nitrogen and oxygen atoms in total. The van der Waals surface area contributed by atoms with Gasteiger partial charge in [-0.05, 0) is 22.3 Å². The van der Waals surface area contributed by atoms with Gasteiger partial charge in [-0.2, -0.15) is 26.7 Å². The van der Waals surface area contributed by atoms with E-state index in [1.807, 2.05) is 0 Å². The average molecular weight is 563 g/mol. The minimum atomic E-state index is 0. The van der Waals surface area contributed by atoms with Gasteiger partial charge < -0.3 is 37.7 Å². The SMILES string of the molecule is C[CH-]CCC1C=Cc2ccccc21.C[CH-]CCC1C=Cc2ccccc21.C[Si](C)=[Zr+2].[Cl-].[Cl-]. The smallest absolute Gasteiger partial charge is 1.00 e. The molecule has 0 heterocycles. The first-order valence-corrected chi connectivity index (χ1v) is 17.4. The van der Waals surface area contributed by atoms with Gasteiger partial charge in [0.15, 0.2) is 0 Å². The molecule has 32 heavy (non-hydrogen) atoms. The Labute approximate surface area is 224 Å². The van der Waals surface area contributed by atoms with E-state index < -0.39 is 0 Å². The van der Waals surface area contributed by atoms with Crippen molar-refractivity contribution in [2.75, 3.05) is 0 Å². The summed E-state index contributed by atoms with van der Waals surface area (Å²) in [5, 5.41) is 0. The van der Waals surface area contributed by atoms with Crippen molar-refractivity contribution in [2.24, 2.45) is 0 Å². The monoisotopic (exact) mass is 560 g/mol. The van der Waals surface area contributed by atoms with E-state index in [4.69, 9.17) is 0 Å². The van der Waals surface area contributed by atoms with Gasteiger partial charge in [-0.3, -0.25) is 0 Å². The van der Waals surface area contributed by atoms with Crippen LogP contribution in [-0.4, -0.2) is 5.43 Å². The number of rotatable bonds is 6. The van der Waals surface area contributed by atoms with E-state index in [0.29, 0.717) is 11.8 Å². The molecule has 0 N–H and O–H groups in total. The van der Waals surface area contributed by atoms with Crippen LogP contribution in [0.4, 0.5) is 0 Å². The average Bonchev–Trinajstić information content (AvgIpc) is 3.35. The summed E-state index contributed by atoms with van der Waals surface area (Å²) in [4.78, 5) is 0. The predicted octanol–water partition coefficient (Wildman–Crippen LogP) is 2.40. The van der Waals surface area contributed by atoms with Crippen molar-refractivity contribution in [2.45, 2.75) is 64.5 Å². The molecule has 0 aromatic heterocycles. The summed E-state index contributed by atoms with van der Waals surface area (Å²) in [5.74, 6) is 1.32. The molecule has 0 radical (unpaired) electrons. The van der Waals surface area contributed by atoms with Crippen LogP contribution in [0.2, 0.25) is 13.1 Å². The number of allylic oxidation sites excluding steroid dienone is 2. The van der Waals surface area contributed by atoms with Crippen LogP contribution in [0, 0.1) is 12.8 Å². The van der Waals surface area contributed by atoms with Crippen molar-refractivity contribution < 1.29 is 48.1 Å². The first-order valence-electron chi connectivity index (χ1n) is 11.2. The van der Waals surface area contributed by atoms with Crippen LogP contribution in [0.15, 0.2) is 60.7 Å². The molecule has 4 heteroatoms. The van der Waals surface area contributed by atoms with Gasteiger partial charge in [0.25, 0.3) is 0 Å². The van der Waals surface area contributed by atoms with E-state index in [2.05, 4.69) is 113 Å². The summed E-state index contributed by atoms with van der Waals surface area (Å²) in [7, 11) is 0. The molecule has 2 aromatic carbocycles. The zero-order valence-corrected chi connectivity index (χ0v) is 24.8. The molecule has 2 aliphatic rings. The molecular weight excluding hydrogens is 527 g/mol. The van der Waals surface area contributed by atoms with Crippen molar-refractivity contribution in [1.82, 2.24) is 0 Å². The second-order valence-corrected chi connectivity index (χ2v) is 17.5. The molecule has 0 aliphatic heterocycles. The fraction of sp³-hybridized carbons (Fsp3) is 0.357. The standard InChI is InChI=1S/2C13H15.C2H6Si.2ClH.Zr/c2*1-2-3-6-11-9-10-12-7-4-5-8-13(11)12;1-3-2;;;/h2*2,4-5,7-11H,3,6H2,1H3;1-2H3;2*1H;/q2*-1;;;;+2/p-2. The van der Waals surface area contributed by atoms with Gasteiger partial charge in [0.1, 0.15) is 0 Å². The van der Waals surface area contributed by atoms with Crippen molar-refractivity contribution in [3.8, 4) is 0 Å². The molecule has 0 saturated carbocycles. The van der Waals surface area contributed by atoms with E-state index >= 15 is 0 Å². The van der Waals surface area contributed by atoms with Crippen LogP contribution in [0.3, 0.4) is 0 Å². The Kier molecular flexibility index (Phi) is 17.8. The van der Waals surface area contributed by atoms with E-state index in [1.54, 1.807) is 23.3 Å². The largest absolute Gasteiger partial charge is 1.00 e. The molecule has 0 saturated heterocycles. The molecule has 4 rings (SSSR count). The van der Waals surface area contributed by atoms with Crippen molar-refractivity contribution in [3.63, 3.8) is 0 Å². The first kappa shape index (κ1) is 31.6. The predicted molar refractivity (Wildman–Crippen MR) is 132 cm³/mol. The molecule has 2 atom stereocenters. The normalized spacial score (nSPS) is 16.3. The Bertz CT molecular complexity index is 791. The molecule has 2 unspecified atom stereocenters. The van der Waals surface area contributed by atoms with Gasteiger partial charge in [-0.25, -0.2) is 0 Å². The molecule has 2 aliphatic carbocycles. The summed E-state index contributed by atoms with van der Waals surface area (Å²) in [6.45, 7) is 8.88. The summed E-state index contributed by atoms with van der Waals surface area (Å²) >= 11 is 1.74. The topological polar surface area (TPSA) is 0 Å². The molecule has 0 spiro atoms. The number of halogens is 2. The minimum Gasteiger partial charge on any atom is -1.00 e. The molecule has 0 fully saturated rings. The number of fused-ring (bicyclic) bond motifs is 2. The van der Waals surface area contributed by atoms with Crippen LogP contribution >= 0.6 is 0 Å². The quantitative estimate of drug-likeness (QED) is 0.375. The van der Waals surface area contributed by atoms with E-state index in [0.717, 1.165) is 0 Å². The maximum Gasteiger partial charge on any atom is -1.00 e. The first-order chi connectivity index (χ1) is 14.6. The van der Waals surface area contributed by atoms with Crippen LogP contribution in [0.5, 0.6) is 0 Å². The van der Waals surface area contributed by atoms with E-state index in [1.165, 1.54) is 47.9 Å². The second kappa shape index (κ2) is 18.0. The van der Waals surface area contributed by atoms with Gasteiger partial charge in [-0.15, -0.1) is 0 Å². The van der Waals surface area contributed by atoms with Gasteiger partial charge in [0, 0.05) is 11.8 Å². The van der Waals surface area contributed by atoms with Crippen molar-refractivity contribution >= 4 is 17.6 Å². The Morgan fingerprint density at radius 1 is 0.719 bits per heavy atom. The Balaban J connectivity index is 0.000000490. The number of benzene rings is 2. The maximum atomic E-state index is 2.33. The fourth-order valence-electron chi connectivity index (χ4n) is 3.84. The molecule has 172 valence electrons. The van der Waals surface area contributed by atoms with Gasteiger partial charge in [0.05, 0.1) is 0 Å². The third-order valence-electron chi connectivity index (χ3n) is 5.34. The van der Waals surface area contributed by atoms with E-state index in [9.17, 15) is 0 Å². The zero-order chi connectivity index (χ0) is 21.8. The summed E-state index contributed by atoms with van der Waals surface area (Å²) in [6, 6.07) is 17.4. The molecular formula is C28H36Cl2SiZr-2. The molecule has 0 bridgehead atoms. The van der Waals surface area contributed by atoms with Gasteiger partial charge in [0.2, 0.25) is 0 Å². The Hall–Kier alpha value is -0.400. The van der Waals surface area contributed by atoms with Crippen LogP contribution in [0.25, 0.3) is 12.2 Å². The van der Waals surface area contributed by atoms with E-state index in [-0.39, 0.29) is 30.2 Å². The third-order valence-corrected chi connectivity index (χ3v) is 5.34. The number of hydrogen-bond donors (Lipinski definition) is 0. The van der Waals surface area contributed by atoms with Crippen LogP contribution in [0.1, 0.15) is 73.6 Å². The summed E-state index contributed by atoms with van der Waals surface area (Å²) < 4.78 is 0. The maximum absolute atomic E-state index is 2.33. The summed E-state index contributed by atoms with van der Waals surface area (Å²) in [5.41, 5.74) is 6.03. The second-order valence-electron chi connectivity index (χ2n) is 8.16.